The van der Waals surface area contributed by atoms with Crippen LogP contribution in [0.25, 0.3) is 0 Å². The molecule has 2 aliphatic rings. The number of allylic oxidation sites excluding steroid dienone is 4. The van der Waals surface area contributed by atoms with Crippen LogP contribution >= 0.6 is 0 Å². The van der Waals surface area contributed by atoms with E-state index in [2.05, 4.69) is 23.5 Å². The van der Waals surface area contributed by atoms with E-state index in [0.717, 1.165) is 12.8 Å². The predicted molar refractivity (Wildman–Crippen MR) is 77.0 cm³/mol. The zero-order chi connectivity index (χ0) is 14.6. The molecule has 0 unspecified atom stereocenters. The fraction of sp³-hybridized carbons (Fsp3) is 0.438. The van der Waals surface area contributed by atoms with Crippen LogP contribution in [0, 0.1) is 5.41 Å². The Bertz CT molecular complexity index is 504. The molecular formula is C16H21NO3. The third-order valence-corrected chi connectivity index (χ3v) is 3.03. The molecule has 0 radical (unpaired) electrons. The van der Waals surface area contributed by atoms with Crippen LogP contribution in [0.5, 0.6) is 0 Å². The summed E-state index contributed by atoms with van der Waals surface area (Å²) in [5, 5.41) is 2.73. The van der Waals surface area contributed by atoms with Crippen molar-refractivity contribution in [3.63, 3.8) is 0 Å². The number of hydrogen-bond donors (Lipinski definition) is 1. The van der Waals surface area contributed by atoms with E-state index in [1.165, 1.54) is 11.8 Å². The lowest BCUT2D eigenvalue weighted by molar-refractivity contribution is -0.128. The van der Waals surface area contributed by atoms with Gasteiger partial charge in [0.15, 0.2) is 6.26 Å². The lowest BCUT2D eigenvalue weighted by Gasteiger charge is -2.22. The first kappa shape index (κ1) is 14.4. The van der Waals surface area contributed by atoms with E-state index in [4.69, 9.17) is 9.47 Å². The van der Waals surface area contributed by atoms with Crippen LogP contribution in [0.15, 0.2) is 48.0 Å². The molecule has 0 saturated heterocycles. The SMILES string of the molecule is CC(C)(C)C(=O)NC1=COC=C(CC2=CC=CCC2)O1. The number of nitrogens with one attached hydrogen (secondary N) is 1. The van der Waals surface area contributed by atoms with Crippen LogP contribution in [-0.2, 0) is 14.3 Å². The molecule has 1 amide bonds. The van der Waals surface area contributed by atoms with Gasteiger partial charge in [-0.05, 0) is 12.8 Å². The first-order valence-corrected chi connectivity index (χ1v) is 6.84. The van der Waals surface area contributed by atoms with Crippen LogP contribution in [0.4, 0.5) is 0 Å². The van der Waals surface area contributed by atoms with Gasteiger partial charge in [-0.1, -0.05) is 44.6 Å². The minimum atomic E-state index is -0.470. The molecular weight excluding hydrogens is 254 g/mol. The lowest BCUT2D eigenvalue weighted by Crippen LogP contribution is -2.35. The Morgan fingerprint density at radius 3 is 2.80 bits per heavy atom. The van der Waals surface area contributed by atoms with Gasteiger partial charge in [0.25, 0.3) is 0 Å². The van der Waals surface area contributed by atoms with E-state index in [1.54, 1.807) is 6.26 Å². The largest absolute Gasteiger partial charge is 0.464 e. The summed E-state index contributed by atoms with van der Waals surface area (Å²) in [6.45, 7) is 5.55. The van der Waals surface area contributed by atoms with Gasteiger partial charge in [-0.25, -0.2) is 0 Å². The zero-order valence-electron chi connectivity index (χ0n) is 12.2. The molecule has 0 saturated carbocycles. The highest BCUT2D eigenvalue weighted by Gasteiger charge is 2.24. The van der Waals surface area contributed by atoms with Gasteiger partial charge < -0.3 is 9.47 Å². The van der Waals surface area contributed by atoms with Crippen molar-refractivity contribution in [3.05, 3.63) is 48.0 Å². The highest BCUT2D eigenvalue weighted by molar-refractivity contribution is 5.82. The van der Waals surface area contributed by atoms with Crippen molar-refractivity contribution < 1.29 is 14.3 Å². The van der Waals surface area contributed by atoms with Gasteiger partial charge in [0.1, 0.15) is 12.0 Å². The van der Waals surface area contributed by atoms with Crippen LogP contribution in [0.1, 0.15) is 40.0 Å². The molecule has 4 heteroatoms. The zero-order valence-corrected chi connectivity index (χ0v) is 12.2. The normalized spacial score (nSPS) is 18.2. The van der Waals surface area contributed by atoms with Crippen molar-refractivity contribution in [3.8, 4) is 0 Å². The van der Waals surface area contributed by atoms with Gasteiger partial charge in [0, 0.05) is 11.8 Å². The minimum absolute atomic E-state index is 0.103. The molecule has 20 heavy (non-hydrogen) atoms. The smallest absolute Gasteiger partial charge is 0.235 e. The van der Waals surface area contributed by atoms with E-state index in [-0.39, 0.29) is 5.91 Å². The van der Waals surface area contributed by atoms with Crippen molar-refractivity contribution in [1.82, 2.24) is 5.32 Å². The molecule has 1 aliphatic carbocycles. The molecule has 2 rings (SSSR count). The maximum Gasteiger partial charge on any atom is 0.235 e. The average Bonchev–Trinajstić information content (AvgIpc) is 2.39. The van der Waals surface area contributed by atoms with Crippen molar-refractivity contribution in [2.75, 3.05) is 0 Å². The molecule has 0 fully saturated rings. The summed E-state index contributed by atoms with van der Waals surface area (Å²) >= 11 is 0. The first-order valence-electron chi connectivity index (χ1n) is 6.84. The Morgan fingerprint density at radius 1 is 1.35 bits per heavy atom. The second kappa shape index (κ2) is 5.99. The maximum atomic E-state index is 11.9. The number of amides is 1. The van der Waals surface area contributed by atoms with Crippen LogP contribution in [0.3, 0.4) is 0 Å². The van der Waals surface area contributed by atoms with Crippen molar-refractivity contribution in [1.29, 1.82) is 0 Å². The molecule has 1 aliphatic heterocycles. The molecule has 0 aromatic carbocycles. The van der Waals surface area contributed by atoms with E-state index in [9.17, 15) is 4.79 Å². The molecule has 0 spiro atoms. The van der Waals surface area contributed by atoms with Crippen LogP contribution in [-0.4, -0.2) is 5.91 Å². The van der Waals surface area contributed by atoms with Gasteiger partial charge in [-0.3, -0.25) is 10.1 Å². The number of rotatable bonds is 3. The number of hydrogen-bond acceptors (Lipinski definition) is 3. The number of carbonyl (C=O) groups is 1. The Kier molecular flexibility index (Phi) is 4.32. The van der Waals surface area contributed by atoms with Crippen molar-refractivity contribution >= 4 is 5.91 Å². The molecule has 0 aromatic heterocycles. The molecule has 1 N–H and O–H groups in total. The third-order valence-electron chi connectivity index (χ3n) is 3.03. The fourth-order valence-corrected chi connectivity index (χ4v) is 1.82. The third kappa shape index (κ3) is 4.02. The molecule has 0 aromatic rings. The molecule has 0 bridgehead atoms. The quantitative estimate of drug-likeness (QED) is 0.857. The van der Waals surface area contributed by atoms with E-state index in [1.807, 2.05) is 20.8 Å². The summed E-state index contributed by atoms with van der Waals surface area (Å²) in [5.74, 6) is 0.945. The van der Waals surface area contributed by atoms with Gasteiger partial charge in [0.05, 0.1) is 0 Å². The Balaban J connectivity index is 1.90. The van der Waals surface area contributed by atoms with Gasteiger partial charge >= 0.3 is 0 Å². The molecule has 108 valence electrons. The maximum absolute atomic E-state index is 11.9. The summed E-state index contributed by atoms with van der Waals surface area (Å²) in [7, 11) is 0. The number of carbonyl (C=O) groups excluding carboxylic acids is 1. The van der Waals surface area contributed by atoms with Gasteiger partial charge in [-0.2, -0.15) is 0 Å². The first-order chi connectivity index (χ1) is 9.45. The monoisotopic (exact) mass is 275 g/mol. The van der Waals surface area contributed by atoms with E-state index in [0.29, 0.717) is 18.1 Å². The summed E-state index contributed by atoms with van der Waals surface area (Å²) < 4.78 is 10.9. The van der Waals surface area contributed by atoms with E-state index < -0.39 is 5.41 Å². The van der Waals surface area contributed by atoms with Crippen molar-refractivity contribution in [2.45, 2.75) is 40.0 Å². The minimum Gasteiger partial charge on any atom is -0.464 e. The van der Waals surface area contributed by atoms with Crippen molar-refractivity contribution in [2.24, 2.45) is 5.41 Å². The highest BCUT2D eigenvalue weighted by Crippen LogP contribution is 2.24. The molecule has 1 heterocycles. The second-order valence-corrected chi connectivity index (χ2v) is 5.98. The summed E-state index contributed by atoms with van der Waals surface area (Å²) in [6, 6.07) is 0. The average molecular weight is 275 g/mol. The Morgan fingerprint density at radius 2 is 2.15 bits per heavy atom. The lowest BCUT2D eigenvalue weighted by atomic mass is 9.96. The number of ether oxygens (including phenoxy) is 2. The Hall–Kier alpha value is -1.97. The standard InChI is InChI=1S/C16H21NO3/c1-16(2,3)15(18)17-14-11-19-10-13(20-14)9-12-7-5-4-6-8-12/h4-5,7,10-11H,6,8-9H2,1-3H3,(H,17,18). The fourth-order valence-electron chi connectivity index (χ4n) is 1.82. The molecule has 0 atom stereocenters. The van der Waals surface area contributed by atoms with Gasteiger partial charge in [0.2, 0.25) is 11.8 Å². The van der Waals surface area contributed by atoms with Gasteiger partial charge in [-0.15, -0.1) is 0 Å². The second-order valence-electron chi connectivity index (χ2n) is 5.98. The summed E-state index contributed by atoms with van der Waals surface area (Å²) in [6.07, 6.45) is 12.1. The highest BCUT2D eigenvalue weighted by atomic mass is 16.6. The summed E-state index contributed by atoms with van der Waals surface area (Å²) in [4.78, 5) is 11.9. The topological polar surface area (TPSA) is 47.6 Å². The predicted octanol–water partition coefficient (Wildman–Crippen LogP) is 3.50. The van der Waals surface area contributed by atoms with E-state index >= 15 is 0 Å². The Labute approximate surface area is 119 Å². The van der Waals surface area contributed by atoms with Crippen LogP contribution in [0.2, 0.25) is 0 Å². The molecule has 4 nitrogen and oxygen atoms in total. The summed E-state index contributed by atoms with van der Waals surface area (Å²) in [5.41, 5.74) is 0.827. The van der Waals surface area contributed by atoms with Crippen LogP contribution < -0.4 is 5.32 Å².